The highest BCUT2D eigenvalue weighted by Gasteiger charge is 2.35. The Morgan fingerprint density at radius 2 is 1.86 bits per heavy atom. The lowest BCUT2D eigenvalue weighted by Gasteiger charge is -2.43. The predicted molar refractivity (Wildman–Crippen MR) is 57.1 cm³/mol. The van der Waals surface area contributed by atoms with Crippen molar-refractivity contribution in [3.8, 4) is 0 Å². The van der Waals surface area contributed by atoms with Crippen LogP contribution in [0.2, 0.25) is 0 Å². The predicted octanol–water partition coefficient (Wildman–Crippen LogP) is 1.94. The highest BCUT2D eigenvalue weighted by Crippen LogP contribution is 2.43. The minimum absolute atomic E-state index is 0.733. The first-order chi connectivity index (χ1) is 6.79. The maximum atomic E-state index is 10.3. The third-order valence-electron chi connectivity index (χ3n) is 4.13. The number of rotatable bonds is 3. The molecule has 2 rings (SSSR count). The third kappa shape index (κ3) is 2.17. The van der Waals surface area contributed by atoms with Gasteiger partial charge in [0.15, 0.2) is 0 Å². The number of hydrogen-bond acceptors (Lipinski definition) is 2. The molecule has 0 unspecified atom stereocenters. The molecule has 2 fully saturated rings. The number of hydrogen-bond donors (Lipinski definition) is 0. The zero-order valence-corrected chi connectivity index (χ0v) is 9.11. The summed E-state index contributed by atoms with van der Waals surface area (Å²) in [5.74, 6) is 2.65. The normalized spacial score (nSPS) is 35.2. The molecule has 1 saturated carbocycles. The van der Waals surface area contributed by atoms with Gasteiger partial charge in [-0.25, -0.2) is 0 Å². The zero-order valence-electron chi connectivity index (χ0n) is 9.11. The van der Waals surface area contributed by atoms with Crippen LogP contribution in [0.4, 0.5) is 0 Å². The van der Waals surface area contributed by atoms with E-state index >= 15 is 0 Å². The van der Waals surface area contributed by atoms with Gasteiger partial charge in [-0.2, -0.15) is 0 Å². The maximum Gasteiger partial charge on any atom is 0.120 e. The summed E-state index contributed by atoms with van der Waals surface area (Å²) in [6, 6.07) is 0. The fourth-order valence-electron chi connectivity index (χ4n) is 3.00. The van der Waals surface area contributed by atoms with E-state index in [0.717, 1.165) is 30.5 Å². The van der Waals surface area contributed by atoms with Crippen LogP contribution in [0.5, 0.6) is 0 Å². The molecule has 2 heteroatoms. The largest absolute Gasteiger partial charge is 0.306 e. The lowest BCUT2D eigenvalue weighted by Crippen LogP contribution is -2.38. The smallest absolute Gasteiger partial charge is 0.120 e. The van der Waals surface area contributed by atoms with Crippen molar-refractivity contribution in [1.82, 2.24) is 4.90 Å². The van der Waals surface area contributed by atoms with E-state index in [9.17, 15) is 4.79 Å². The second-order valence-corrected chi connectivity index (χ2v) is 5.14. The van der Waals surface area contributed by atoms with Crippen molar-refractivity contribution < 1.29 is 4.79 Å². The van der Waals surface area contributed by atoms with Crippen molar-refractivity contribution in [1.29, 1.82) is 0 Å². The first-order valence-electron chi connectivity index (χ1n) is 5.91. The standard InChI is InChI=1S/C12H21NO/c1-13-5-2-11(3-6-13)12-8-10(9-12)4-7-14/h7,10-12H,2-6,8-9H2,1H3. The van der Waals surface area contributed by atoms with Gasteiger partial charge in [-0.15, -0.1) is 0 Å². The van der Waals surface area contributed by atoms with Gasteiger partial charge in [0.05, 0.1) is 0 Å². The Kier molecular flexibility index (Phi) is 3.22. The Balaban J connectivity index is 1.69. The zero-order chi connectivity index (χ0) is 9.97. The number of aldehydes is 1. The molecule has 0 N–H and O–H groups in total. The maximum absolute atomic E-state index is 10.3. The third-order valence-corrected chi connectivity index (χ3v) is 4.13. The average Bonchev–Trinajstić information content (AvgIpc) is 2.13. The Labute approximate surface area is 86.7 Å². The fraction of sp³-hybridized carbons (Fsp3) is 0.917. The van der Waals surface area contributed by atoms with Gasteiger partial charge < -0.3 is 9.69 Å². The molecule has 0 spiro atoms. The topological polar surface area (TPSA) is 20.3 Å². The van der Waals surface area contributed by atoms with E-state index in [2.05, 4.69) is 11.9 Å². The lowest BCUT2D eigenvalue weighted by atomic mass is 9.65. The molecule has 2 aliphatic rings. The molecule has 0 bridgehead atoms. The van der Waals surface area contributed by atoms with E-state index in [1.54, 1.807) is 0 Å². The van der Waals surface area contributed by atoms with E-state index in [0.29, 0.717) is 0 Å². The van der Waals surface area contributed by atoms with Gasteiger partial charge in [-0.3, -0.25) is 0 Å². The lowest BCUT2D eigenvalue weighted by molar-refractivity contribution is -0.109. The van der Waals surface area contributed by atoms with Gasteiger partial charge in [-0.05, 0) is 63.6 Å². The fourth-order valence-corrected chi connectivity index (χ4v) is 3.00. The first-order valence-corrected chi connectivity index (χ1v) is 5.91. The number of likely N-dealkylation sites (tertiary alicyclic amines) is 1. The van der Waals surface area contributed by atoms with Gasteiger partial charge in [0.25, 0.3) is 0 Å². The summed E-state index contributed by atoms with van der Waals surface area (Å²) >= 11 is 0. The molecule has 1 saturated heterocycles. The molecule has 0 aromatic rings. The summed E-state index contributed by atoms with van der Waals surface area (Å²) in [7, 11) is 2.21. The highest BCUT2D eigenvalue weighted by atomic mass is 16.1. The second kappa shape index (κ2) is 4.43. The molecule has 1 aliphatic heterocycles. The Hall–Kier alpha value is -0.370. The van der Waals surface area contributed by atoms with E-state index in [1.807, 2.05) is 0 Å². The summed E-state index contributed by atoms with van der Waals surface area (Å²) in [4.78, 5) is 12.8. The Morgan fingerprint density at radius 3 is 2.43 bits per heavy atom. The quantitative estimate of drug-likeness (QED) is 0.641. The molecule has 0 radical (unpaired) electrons. The van der Waals surface area contributed by atoms with Crippen LogP contribution in [0.3, 0.4) is 0 Å². The summed E-state index contributed by atoms with van der Waals surface area (Å²) in [6.07, 6.45) is 7.32. The van der Waals surface area contributed by atoms with Crippen LogP contribution in [0.15, 0.2) is 0 Å². The van der Waals surface area contributed by atoms with Crippen LogP contribution in [-0.4, -0.2) is 31.3 Å². The van der Waals surface area contributed by atoms with Crippen LogP contribution in [0, 0.1) is 17.8 Å². The molecule has 1 aliphatic carbocycles. The number of piperidine rings is 1. The number of carbonyl (C=O) groups excluding carboxylic acids is 1. The van der Waals surface area contributed by atoms with Gasteiger partial charge in [0.2, 0.25) is 0 Å². The molecular weight excluding hydrogens is 174 g/mol. The van der Waals surface area contributed by atoms with Crippen molar-refractivity contribution in [2.75, 3.05) is 20.1 Å². The molecule has 14 heavy (non-hydrogen) atoms. The second-order valence-electron chi connectivity index (χ2n) is 5.14. The Morgan fingerprint density at radius 1 is 1.21 bits per heavy atom. The monoisotopic (exact) mass is 195 g/mol. The Bertz CT molecular complexity index is 190. The minimum Gasteiger partial charge on any atom is -0.306 e. The van der Waals surface area contributed by atoms with Crippen LogP contribution in [0.25, 0.3) is 0 Å². The van der Waals surface area contributed by atoms with Crippen molar-refractivity contribution in [2.45, 2.75) is 32.1 Å². The molecular formula is C12H21NO. The number of nitrogens with zero attached hydrogens (tertiary/aromatic N) is 1. The van der Waals surface area contributed by atoms with E-state index < -0.39 is 0 Å². The van der Waals surface area contributed by atoms with Crippen LogP contribution >= 0.6 is 0 Å². The minimum atomic E-state index is 0.733. The summed E-state index contributed by atoms with van der Waals surface area (Å²) in [5.41, 5.74) is 0. The summed E-state index contributed by atoms with van der Waals surface area (Å²) in [6.45, 7) is 2.55. The molecule has 1 heterocycles. The van der Waals surface area contributed by atoms with Crippen LogP contribution in [-0.2, 0) is 4.79 Å². The molecule has 0 atom stereocenters. The van der Waals surface area contributed by atoms with E-state index in [1.165, 1.54) is 38.8 Å². The molecule has 0 aromatic heterocycles. The first kappa shape index (κ1) is 10.2. The summed E-state index contributed by atoms with van der Waals surface area (Å²) < 4.78 is 0. The average molecular weight is 195 g/mol. The van der Waals surface area contributed by atoms with Crippen LogP contribution < -0.4 is 0 Å². The van der Waals surface area contributed by atoms with E-state index in [-0.39, 0.29) is 0 Å². The van der Waals surface area contributed by atoms with Crippen molar-refractivity contribution in [2.24, 2.45) is 17.8 Å². The van der Waals surface area contributed by atoms with Crippen molar-refractivity contribution in [3.05, 3.63) is 0 Å². The van der Waals surface area contributed by atoms with Crippen LogP contribution in [0.1, 0.15) is 32.1 Å². The van der Waals surface area contributed by atoms with Gasteiger partial charge in [0.1, 0.15) is 6.29 Å². The molecule has 80 valence electrons. The van der Waals surface area contributed by atoms with Crippen molar-refractivity contribution in [3.63, 3.8) is 0 Å². The molecule has 2 nitrogen and oxygen atoms in total. The SMILES string of the molecule is CN1CCC(C2CC(CC=O)C2)CC1. The molecule has 0 aromatic carbocycles. The summed E-state index contributed by atoms with van der Waals surface area (Å²) in [5, 5.41) is 0. The highest BCUT2D eigenvalue weighted by molar-refractivity contribution is 5.49. The van der Waals surface area contributed by atoms with Gasteiger partial charge in [0, 0.05) is 6.42 Å². The van der Waals surface area contributed by atoms with Crippen molar-refractivity contribution >= 4 is 6.29 Å². The van der Waals surface area contributed by atoms with Gasteiger partial charge in [-0.1, -0.05) is 0 Å². The van der Waals surface area contributed by atoms with E-state index in [4.69, 9.17) is 0 Å². The number of carbonyl (C=O) groups is 1. The molecule has 0 amide bonds. The van der Waals surface area contributed by atoms with Gasteiger partial charge >= 0.3 is 0 Å².